The fourth-order valence-corrected chi connectivity index (χ4v) is 6.13. The second-order valence-electron chi connectivity index (χ2n) is 9.46. The number of hydrogen-bond acceptors (Lipinski definition) is 8. The van der Waals surface area contributed by atoms with E-state index in [2.05, 4.69) is 21.8 Å². The lowest BCUT2D eigenvalue weighted by Gasteiger charge is -2.41. The zero-order valence-corrected chi connectivity index (χ0v) is 22.1. The molecule has 0 amide bonds. The third kappa shape index (κ3) is 4.37. The Balaban J connectivity index is 1.44. The molecule has 1 saturated heterocycles. The summed E-state index contributed by atoms with van der Waals surface area (Å²) >= 11 is 2.92. The van der Waals surface area contributed by atoms with E-state index < -0.39 is 0 Å². The highest BCUT2D eigenvalue weighted by Gasteiger charge is 2.29. The molecule has 4 aromatic rings. The number of thiazole rings is 1. The largest absolute Gasteiger partial charge is 0.368 e. The summed E-state index contributed by atoms with van der Waals surface area (Å²) in [6.07, 6.45) is 5.96. The number of halogens is 1. The summed E-state index contributed by atoms with van der Waals surface area (Å²) in [4.78, 5) is 22.9. The maximum absolute atomic E-state index is 13.5. The van der Waals surface area contributed by atoms with Crippen LogP contribution in [-0.2, 0) is 0 Å². The topological polar surface area (TPSA) is 77.2 Å². The number of rotatable bonds is 7. The van der Waals surface area contributed by atoms with Crippen LogP contribution in [-0.4, -0.2) is 42.0 Å². The Morgan fingerprint density at radius 2 is 1.95 bits per heavy atom. The lowest BCUT2D eigenvalue weighted by molar-refractivity contribution is 0.493. The molecule has 2 aromatic carbocycles. The SMILES string of the molecule is CSNC1CN(c2ccc3c(=O)n(C4CC4)cc(N(C)c4nc(-c5ccc(F)cc5)c(C#N)s4)c3c2)C1. The molecular formula is C27H25FN6OS2. The fourth-order valence-electron chi connectivity index (χ4n) is 4.78. The molecule has 0 bridgehead atoms. The molecular weight excluding hydrogens is 507 g/mol. The molecule has 0 spiro atoms. The Morgan fingerprint density at radius 1 is 1.19 bits per heavy atom. The molecule has 10 heteroatoms. The molecule has 188 valence electrons. The van der Waals surface area contributed by atoms with E-state index in [0.29, 0.717) is 32.7 Å². The normalized spacial score (nSPS) is 15.6. The Hall–Kier alpha value is -3.39. The van der Waals surface area contributed by atoms with Crippen LogP contribution in [0.5, 0.6) is 0 Å². The minimum atomic E-state index is -0.336. The summed E-state index contributed by atoms with van der Waals surface area (Å²) in [5, 5.41) is 12.0. The highest BCUT2D eigenvalue weighted by atomic mass is 32.2. The minimum Gasteiger partial charge on any atom is -0.368 e. The van der Waals surface area contributed by atoms with Gasteiger partial charge in [0.15, 0.2) is 5.13 Å². The maximum Gasteiger partial charge on any atom is 0.258 e. The third-order valence-electron chi connectivity index (χ3n) is 6.96. The van der Waals surface area contributed by atoms with Crippen molar-refractivity contribution in [1.82, 2.24) is 14.3 Å². The summed E-state index contributed by atoms with van der Waals surface area (Å²) in [6.45, 7) is 1.82. The molecule has 1 aliphatic carbocycles. The molecule has 2 fully saturated rings. The van der Waals surface area contributed by atoms with E-state index in [1.165, 1.54) is 23.5 Å². The first kappa shape index (κ1) is 24.0. The van der Waals surface area contributed by atoms with E-state index in [9.17, 15) is 14.4 Å². The number of nitrogens with zero attached hydrogens (tertiary/aromatic N) is 5. The molecule has 2 aliphatic rings. The van der Waals surface area contributed by atoms with Gasteiger partial charge in [0.1, 0.15) is 22.5 Å². The second kappa shape index (κ2) is 9.49. The number of fused-ring (bicyclic) bond motifs is 1. The Bertz CT molecular complexity index is 1580. The van der Waals surface area contributed by atoms with Gasteiger partial charge < -0.3 is 14.4 Å². The van der Waals surface area contributed by atoms with Gasteiger partial charge in [0.25, 0.3) is 5.56 Å². The first-order valence-corrected chi connectivity index (χ1v) is 14.1. The first-order chi connectivity index (χ1) is 18.0. The standard InChI is InChI=1S/C27H25FN6OS2/c1-32(27-30-25(24(12-29)37-27)16-3-5-17(28)6-4-16)23-15-34(19-7-8-19)26(35)21-10-9-20(11-22(21)23)33-13-18(14-33)31-36-2/h3-6,9-11,15,18-19,31H,7-8,13-14H2,1-2H3. The molecule has 1 saturated carbocycles. The molecule has 7 nitrogen and oxygen atoms in total. The minimum absolute atomic E-state index is 0.0237. The average Bonchev–Trinajstić information content (AvgIpc) is 3.64. The molecule has 37 heavy (non-hydrogen) atoms. The molecule has 1 N–H and O–H groups in total. The van der Waals surface area contributed by atoms with Gasteiger partial charge in [0.2, 0.25) is 0 Å². The van der Waals surface area contributed by atoms with E-state index in [-0.39, 0.29) is 17.4 Å². The third-order valence-corrected chi connectivity index (χ3v) is 8.57. The Morgan fingerprint density at radius 3 is 2.62 bits per heavy atom. The van der Waals surface area contributed by atoms with Crippen molar-refractivity contribution in [1.29, 1.82) is 5.26 Å². The second-order valence-corrected chi connectivity index (χ2v) is 11.1. The number of aromatic nitrogens is 2. The number of benzene rings is 2. The maximum atomic E-state index is 13.5. The zero-order valence-electron chi connectivity index (χ0n) is 20.4. The predicted molar refractivity (Wildman–Crippen MR) is 149 cm³/mol. The summed E-state index contributed by atoms with van der Waals surface area (Å²) in [5.74, 6) is -0.336. The Kier molecular flexibility index (Phi) is 6.15. The lowest BCUT2D eigenvalue weighted by atomic mass is 10.1. The number of hydrogen-bond donors (Lipinski definition) is 1. The van der Waals surface area contributed by atoms with Crippen molar-refractivity contribution in [2.45, 2.75) is 24.9 Å². The van der Waals surface area contributed by atoms with Gasteiger partial charge in [-0.2, -0.15) is 5.26 Å². The van der Waals surface area contributed by atoms with Crippen LogP contribution in [0.25, 0.3) is 22.0 Å². The lowest BCUT2D eigenvalue weighted by Crippen LogP contribution is -2.56. The van der Waals surface area contributed by atoms with Crippen molar-refractivity contribution in [3.63, 3.8) is 0 Å². The van der Waals surface area contributed by atoms with Crippen LogP contribution in [0, 0.1) is 17.1 Å². The van der Waals surface area contributed by atoms with E-state index in [1.807, 2.05) is 41.1 Å². The molecule has 0 unspecified atom stereocenters. The summed E-state index contributed by atoms with van der Waals surface area (Å²) in [6, 6.07) is 15.0. The van der Waals surface area contributed by atoms with Crippen molar-refractivity contribution >= 4 is 50.6 Å². The zero-order chi connectivity index (χ0) is 25.7. The first-order valence-electron chi connectivity index (χ1n) is 12.1. The molecule has 0 atom stereocenters. The highest BCUT2D eigenvalue weighted by molar-refractivity contribution is 7.96. The van der Waals surface area contributed by atoms with E-state index in [0.717, 1.165) is 42.7 Å². The van der Waals surface area contributed by atoms with Crippen LogP contribution in [0.4, 0.5) is 20.9 Å². The summed E-state index contributed by atoms with van der Waals surface area (Å²) < 4.78 is 18.7. The van der Waals surface area contributed by atoms with Crippen molar-refractivity contribution in [3.05, 3.63) is 69.7 Å². The van der Waals surface area contributed by atoms with Crippen LogP contribution in [0.3, 0.4) is 0 Å². The van der Waals surface area contributed by atoms with Crippen molar-refractivity contribution in [2.75, 3.05) is 36.2 Å². The van der Waals surface area contributed by atoms with Crippen LogP contribution in [0.2, 0.25) is 0 Å². The number of pyridine rings is 1. The molecule has 2 aromatic heterocycles. The van der Waals surface area contributed by atoms with Gasteiger partial charge in [-0.1, -0.05) is 23.3 Å². The number of nitriles is 1. The van der Waals surface area contributed by atoms with Gasteiger partial charge in [-0.15, -0.1) is 0 Å². The quantitative estimate of drug-likeness (QED) is 0.324. The Labute approximate surface area is 222 Å². The smallest absolute Gasteiger partial charge is 0.258 e. The number of anilines is 3. The molecule has 6 rings (SSSR count). The average molecular weight is 533 g/mol. The van der Waals surface area contributed by atoms with Gasteiger partial charge in [0.05, 0.1) is 11.7 Å². The van der Waals surface area contributed by atoms with Gasteiger partial charge in [-0.3, -0.25) is 9.52 Å². The fraction of sp³-hybridized carbons (Fsp3) is 0.296. The van der Waals surface area contributed by atoms with Gasteiger partial charge in [-0.25, -0.2) is 9.37 Å². The van der Waals surface area contributed by atoms with Gasteiger partial charge >= 0.3 is 0 Å². The predicted octanol–water partition coefficient (Wildman–Crippen LogP) is 5.29. The van der Waals surface area contributed by atoms with E-state index >= 15 is 0 Å². The highest BCUT2D eigenvalue weighted by Crippen LogP contribution is 2.40. The number of nitrogens with one attached hydrogen (secondary N) is 1. The van der Waals surface area contributed by atoms with Crippen LogP contribution in [0.15, 0.2) is 53.5 Å². The van der Waals surface area contributed by atoms with Crippen LogP contribution < -0.4 is 20.1 Å². The molecule has 3 heterocycles. The van der Waals surface area contributed by atoms with Crippen molar-refractivity contribution in [2.24, 2.45) is 0 Å². The summed E-state index contributed by atoms with van der Waals surface area (Å²) in [7, 11) is 1.92. The van der Waals surface area contributed by atoms with Crippen LogP contribution in [0.1, 0.15) is 23.8 Å². The van der Waals surface area contributed by atoms with Crippen LogP contribution >= 0.6 is 23.3 Å². The molecule has 1 aliphatic heterocycles. The van der Waals surface area contributed by atoms with Gasteiger partial charge in [-0.05, 0) is 61.6 Å². The van der Waals surface area contributed by atoms with Crippen molar-refractivity contribution < 1.29 is 4.39 Å². The molecule has 0 radical (unpaired) electrons. The van der Waals surface area contributed by atoms with E-state index in [4.69, 9.17) is 4.98 Å². The summed E-state index contributed by atoms with van der Waals surface area (Å²) in [5.41, 5.74) is 3.19. The van der Waals surface area contributed by atoms with Crippen molar-refractivity contribution in [3.8, 4) is 17.3 Å². The van der Waals surface area contributed by atoms with Gasteiger partial charge in [0, 0.05) is 54.4 Å². The monoisotopic (exact) mass is 532 g/mol. The van der Waals surface area contributed by atoms with E-state index in [1.54, 1.807) is 24.1 Å².